The van der Waals surface area contributed by atoms with Crippen LogP contribution in [0.15, 0.2) is 54.7 Å². The number of carbonyl (C=O) groups excluding carboxylic acids is 2. The van der Waals surface area contributed by atoms with Crippen molar-refractivity contribution in [2.24, 2.45) is 5.92 Å². The van der Waals surface area contributed by atoms with Gasteiger partial charge < -0.3 is 29.8 Å². The summed E-state index contributed by atoms with van der Waals surface area (Å²) >= 11 is 0. The number of aliphatic hydroxyl groups excluding tert-OH is 1. The average molecular weight is 578 g/mol. The zero-order chi connectivity index (χ0) is 29.1. The first-order chi connectivity index (χ1) is 19.6. The number of nitrogens with zero attached hydrogens (tertiary/aromatic N) is 1. The molecule has 2 aliphatic heterocycles. The molecule has 41 heavy (non-hydrogen) atoms. The molecule has 220 valence electrons. The largest absolute Gasteiger partial charge is 0.432 e. The van der Waals surface area contributed by atoms with Gasteiger partial charge in [0, 0.05) is 34.9 Å². The topological polar surface area (TPSA) is 115 Å². The van der Waals surface area contributed by atoms with Gasteiger partial charge in [-0.2, -0.15) is 0 Å². The van der Waals surface area contributed by atoms with Crippen LogP contribution in [0, 0.1) is 5.92 Å². The third-order valence-corrected chi connectivity index (χ3v) is 11.5. The third-order valence-electron chi connectivity index (χ3n) is 8.96. The van der Waals surface area contributed by atoms with Gasteiger partial charge in [0.1, 0.15) is 0 Å². The SMILES string of the molecule is C[C@H]1[C@H]([Si](C)(C)O)[C@@H](CC(=O)N2CCC[C@H]2CO)O[C@H]1CCc1cccc(NC(=O)Cc2c[nH]c3ccccc23)c1. The molecule has 2 amide bonds. The number of aromatic amines is 1. The predicted octanol–water partition coefficient (Wildman–Crippen LogP) is 4.63. The Kier molecular flexibility index (Phi) is 8.99. The van der Waals surface area contributed by atoms with Crippen molar-refractivity contribution in [2.75, 3.05) is 18.5 Å². The van der Waals surface area contributed by atoms with E-state index in [1.54, 1.807) is 4.90 Å². The van der Waals surface area contributed by atoms with Crippen LogP contribution in [-0.4, -0.2) is 71.3 Å². The summed E-state index contributed by atoms with van der Waals surface area (Å²) in [6, 6.07) is 15.8. The fourth-order valence-electron chi connectivity index (χ4n) is 7.02. The molecule has 3 aromatic rings. The highest BCUT2D eigenvalue weighted by Crippen LogP contribution is 2.46. The molecule has 5 atom stereocenters. The Hall–Kier alpha value is -2.98. The molecule has 4 N–H and O–H groups in total. The molecule has 0 radical (unpaired) electrons. The second-order valence-electron chi connectivity index (χ2n) is 12.3. The van der Waals surface area contributed by atoms with E-state index in [9.17, 15) is 19.5 Å². The van der Waals surface area contributed by atoms with Gasteiger partial charge in [0.15, 0.2) is 8.32 Å². The molecule has 9 heteroatoms. The maximum absolute atomic E-state index is 13.2. The number of aliphatic hydroxyl groups is 1. The first kappa shape index (κ1) is 29.5. The molecule has 1 aromatic heterocycles. The maximum atomic E-state index is 13.2. The van der Waals surface area contributed by atoms with Gasteiger partial charge in [0.25, 0.3) is 0 Å². The summed E-state index contributed by atoms with van der Waals surface area (Å²) < 4.78 is 6.51. The number of hydrogen-bond donors (Lipinski definition) is 4. The third kappa shape index (κ3) is 6.75. The number of likely N-dealkylation sites (tertiary alicyclic amines) is 1. The molecule has 2 aliphatic rings. The number of nitrogens with one attached hydrogen (secondary N) is 2. The number of ether oxygens (including phenoxy) is 1. The fourth-order valence-corrected chi connectivity index (χ4v) is 9.63. The summed E-state index contributed by atoms with van der Waals surface area (Å²) in [5.74, 6) is 0.0797. The normalized spacial score (nSPS) is 24.7. The Bertz CT molecular complexity index is 1370. The van der Waals surface area contributed by atoms with Crippen molar-refractivity contribution in [3.8, 4) is 0 Å². The molecule has 0 bridgehead atoms. The van der Waals surface area contributed by atoms with Gasteiger partial charge >= 0.3 is 0 Å². The number of hydrogen-bond acceptors (Lipinski definition) is 5. The number of aryl methyl sites for hydroxylation is 1. The maximum Gasteiger partial charge on any atom is 0.228 e. The molecule has 2 fully saturated rings. The Morgan fingerprint density at radius 1 is 1.15 bits per heavy atom. The molecular formula is C32H43N3O5Si. The number of amides is 2. The molecule has 0 aliphatic carbocycles. The second kappa shape index (κ2) is 12.5. The van der Waals surface area contributed by atoms with E-state index in [1.807, 2.05) is 61.8 Å². The van der Waals surface area contributed by atoms with E-state index in [0.29, 0.717) is 13.0 Å². The average Bonchev–Trinajstić information content (AvgIpc) is 3.65. The van der Waals surface area contributed by atoms with Crippen LogP contribution in [0.2, 0.25) is 18.6 Å². The highest BCUT2D eigenvalue weighted by atomic mass is 28.4. The van der Waals surface area contributed by atoms with Crippen LogP contribution >= 0.6 is 0 Å². The zero-order valence-corrected chi connectivity index (χ0v) is 25.3. The zero-order valence-electron chi connectivity index (χ0n) is 24.3. The standard InChI is InChI=1S/C32H43N3O5Si/c1-21-28(40-29(32(21)41(2,3)39)18-31(38)35-15-7-10-25(35)20-36)14-13-22-8-6-9-24(16-22)34-30(37)17-23-19-33-27-12-5-4-11-26(23)27/h4-6,8-9,11-12,16,19,21,25,28-29,32-33,36,39H,7,10,13-15,17-18,20H2,1-3H3,(H,34,37)/t21-,25+,28+,29-,32+/m1/s1. The summed E-state index contributed by atoms with van der Waals surface area (Å²) in [7, 11) is -2.60. The Labute approximate surface area is 243 Å². The highest BCUT2D eigenvalue weighted by Gasteiger charge is 2.50. The van der Waals surface area contributed by atoms with Crippen molar-refractivity contribution in [2.45, 2.75) is 82.3 Å². The Morgan fingerprint density at radius 2 is 1.95 bits per heavy atom. The summed E-state index contributed by atoms with van der Waals surface area (Å²) in [5, 5.41) is 13.8. The number of rotatable bonds is 10. The van der Waals surface area contributed by atoms with E-state index < -0.39 is 8.32 Å². The van der Waals surface area contributed by atoms with Crippen LogP contribution in [-0.2, 0) is 27.2 Å². The quantitative estimate of drug-likeness (QED) is 0.263. The molecule has 2 aromatic carbocycles. The van der Waals surface area contributed by atoms with Crippen molar-refractivity contribution in [1.29, 1.82) is 0 Å². The van der Waals surface area contributed by atoms with E-state index in [1.165, 1.54) is 0 Å². The van der Waals surface area contributed by atoms with E-state index >= 15 is 0 Å². The van der Waals surface area contributed by atoms with Gasteiger partial charge in [-0.25, -0.2) is 0 Å². The van der Waals surface area contributed by atoms with Gasteiger partial charge in [-0.1, -0.05) is 37.3 Å². The van der Waals surface area contributed by atoms with Crippen molar-refractivity contribution >= 4 is 36.7 Å². The number of anilines is 1. The van der Waals surface area contributed by atoms with Gasteiger partial charge in [-0.05, 0) is 74.0 Å². The Morgan fingerprint density at radius 3 is 2.73 bits per heavy atom. The molecular weight excluding hydrogens is 534 g/mol. The summed E-state index contributed by atoms with van der Waals surface area (Å²) in [4.78, 5) is 42.2. The lowest BCUT2D eigenvalue weighted by Crippen LogP contribution is -2.43. The predicted molar refractivity (Wildman–Crippen MR) is 163 cm³/mol. The van der Waals surface area contributed by atoms with Gasteiger partial charge in [-0.3, -0.25) is 9.59 Å². The van der Waals surface area contributed by atoms with E-state index in [-0.39, 0.29) is 54.6 Å². The Balaban J connectivity index is 1.19. The van der Waals surface area contributed by atoms with Crippen molar-refractivity contribution in [1.82, 2.24) is 9.88 Å². The minimum Gasteiger partial charge on any atom is -0.432 e. The van der Waals surface area contributed by atoms with Gasteiger partial charge in [0.05, 0.1) is 37.7 Å². The monoisotopic (exact) mass is 577 g/mol. The lowest BCUT2D eigenvalue weighted by Gasteiger charge is -2.31. The number of aromatic nitrogens is 1. The summed E-state index contributed by atoms with van der Waals surface area (Å²) in [6.45, 7) is 6.68. The molecule has 0 saturated carbocycles. The first-order valence-corrected chi connectivity index (χ1v) is 17.9. The molecule has 0 spiro atoms. The van der Waals surface area contributed by atoms with Crippen LogP contribution in [0.25, 0.3) is 10.9 Å². The number of para-hydroxylation sites is 1. The van der Waals surface area contributed by atoms with Gasteiger partial charge in [0.2, 0.25) is 11.8 Å². The van der Waals surface area contributed by atoms with Crippen LogP contribution in [0.5, 0.6) is 0 Å². The van der Waals surface area contributed by atoms with E-state index in [0.717, 1.165) is 53.4 Å². The van der Waals surface area contributed by atoms with Crippen LogP contribution in [0.1, 0.15) is 43.7 Å². The highest BCUT2D eigenvalue weighted by molar-refractivity contribution is 6.71. The lowest BCUT2D eigenvalue weighted by atomic mass is 9.95. The second-order valence-corrected chi connectivity index (χ2v) is 16.3. The smallest absolute Gasteiger partial charge is 0.228 e. The minimum absolute atomic E-state index is 0.0114. The summed E-state index contributed by atoms with van der Waals surface area (Å²) in [5.41, 5.74) is 3.82. The minimum atomic E-state index is -2.60. The van der Waals surface area contributed by atoms with E-state index in [4.69, 9.17) is 4.74 Å². The molecule has 8 nitrogen and oxygen atoms in total. The van der Waals surface area contributed by atoms with Crippen LogP contribution in [0.4, 0.5) is 5.69 Å². The molecule has 3 heterocycles. The van der Waals surface area contributed by atoms with Crippen molar-refractivity contribution in [3.05, 3.63) is 65.9 Å². The van der Waals surface area contributed by atoms with Crippen LogP contribution < -0.4 is 5.32 Å². The number of benzene rings is 2. The molecule has 0 unspecified atom stereocenters. The first-order valence-electron chi connectivity index (χ1n) is 14.9. The number of H-pyrrole nitrogens is 1. The van der Waals surface area contributed by atoms with E-state index in [2.05, 4.69) is 23.3 Å². The lowest BCUT2D eigenvalue weighted by molar-refractivity contribution is -0.135. The van der Waals surface area contributed by atoms with Crippen LogP contribution in [0.3, 0.4) is 0 Å². The number of fused-ring (bicyclic) bond motifs is 1. The molecule has 5 rings (SSSR count). The fraction of sp³-hybridized carbons (Fsp3) is 0.500. The number of carbonyl (C=O) groups is 2. The van der Waals surface area contributed by atoms with Crippen molar-refractivity contribution in [3.63, 3.8) is 0 Å². The van der Waals surface area contributed by atoms with Gasteiger partial charge in [-0.15, -0.1) is 0 Å². The molecule has 2 saturated heterocycles. The summed E-state index contributed by atoms with van der Waals surface area (Å²) in [6.07, 6.45) is 5.32. The van der Waals surface area contributed by atoms with Crippen molar-refractivity contribution < 1.29 is 24.2 Å².